The second-order valence-corrected chi connectivity index (χ2v) is 3.90. The lowest BCUT2D eigenvalue weighted by atomic mass is 10.1. The lowest BCUT2D eigenvalue weighted by molar-refractivity contribution is -0.118. The molecule has 0 aliphatic carbocycles. The molecule has 1 unspecified atom stereocenters. The van der Waals surface area contributed by atoms with Crippen LogP contribution in [-0.2, 0) is 4.79 Å². The largest absolute Gasteiger partial charge is 0.325 e. The number of nitrogens with one attached hydrogen (secondary N) is 1. The molecule has 0 aliphatic heterocycles. The summed E-state index contributed by atoms with van der Waals surface area (Å²) in [5.74, 6) is -0.794. The minimum Gasteiger partial charge on any atom is -0.325 e. The summed E-state index contributed by atoms with van der Waals surface area (Å²) in [6, 6.07) is 7.80. The first kappa shape index (κ1) is 12.3. The molecule has 1 aromatic rings. The maximum atomic E-state index is 11.7. The number of anilines is 1. The van der Waals surface area contributed by atoms with Gasteiger partial charge in [-0.05, 0) is 31.9 Å². The third-order valence-corrected chi connectivity index (χ3v) is 2.52. The number of carbonyl (C=O) groups is 1. The fourth-order valence-electron chi connectivity index (χ4n) is 1.51. The minimum absolute atomic E-state index is 0.225. The summed E-state index contributed by atoms with van der Waals surface area (Å²) in [7, 11) is 0. The summed E-state index contributed by atoms with van der Waals surface area (Å²) in [6.07, 6.45) is 0.535. The normalized spacial score (nSPS) is 11.6. The quantitative estimate of drug-likeness (QED) is 0.844. The second kappa shape index (κ2) is 5.32. The summed E-state index contributed by atoms with van der Waals surface area (Å²) in [6.45, 7) is 5.77. The standard InChI is InChI=1S/C13H16N2O/c1-4-11(8-14)13(16)15-12-6-5-9(2)7-10(12)3/h5-7,11H,4H2,1-3H3,(H,15,16). The topological polar surface area (TPSA) is 52.9 Å². The van der Waals surface area contributed by atoms with Gasteiger partial charge in [-0.15, -0.1) is 0 Å². The van der Waals surface area contributed by atoms with Crippen molar-refractivity contribution in [2.75, 3.05) is 5.32 Å². The van der Waals surface area contributed by atoms with E-state index in [1.54, 1.807) is 0 Å². The average Bonchev–Trinajstić information content (AvgIpc) is 2.24. The molecule has 1 rings (SSSR count). The van der Waals surface area contributed by atoms with Crippen LogP contribution in [0.15, 0.2) is 18.2 Å². The van der Waals surface area contributed by atoms with Crippen LogP contribution in [0.3, 0.4) is 0 Å². The van der Waals surface area contributed by atoms with E-state index in [0.717, 1.165) is 16.8 Å². The molecule has 1 amide bonds. The molecule has 3 nitrogen and oxygen atoms in total. The molecule has 0 radical (unpaired) electrons. The van der Waals surface area contributed by atoms with Gasteiger partial charge in [-0.25, -0.2) is 0 Å². The highest BCUT2D eigenvalue weighted by Crippen LogP contribution is 2.17. The van der Waals surface area contributed by atoms with Crippen molar-refractivity contribution in [3.8, 4) is 6.07 Å². The SMILES string of the molecule is CCC(C#N)C(=O)Nc1ccc(C)cc1C. The smallest absolute Gasteiger partial charge is 0.241 e. The van der Waals surface area contributed by atoms with Crippen LogP contribution in [0.2, 0.25) is 0 Å². The van der Waals surface area contributed by atoms with E-state index in [4.69, 9.17) is 5.26 Å². The number of benzene rings is 1. The first-order valence-electron chi connectivity index (χ1n) is 5.36. The van der Waals surface area contributed by atoms with Crippen molar-refractivity contribution in [3.63, 3.8) is 0 Å². The van der Waals surface area contributed by atoms with Crippen LogP contribution in [0.25, 0.3) is 0 Å². The molecule has 84 valence electrons. The van der Waals surface area contributed by atoms with E-state index in [2.05, 4.69) is 5.32 Å². The highest BCUT2D eigenvalue weighted by atomic mass is 16.1. The Hall–Kier alpha value is -1.82. The lowest BCUT2D eigenvalue weighted by Crippen LogP contribution is -2.21. The van der Waals surface area contributed by atoms with Gasteiger partial charge in [0.15, 0.2) is 0 Å². The van der Waals surface area contributed by atoms with E-state index in [1.807, 2.05) is 45.0 Å². The predicted molar refractivity (Wildman–Crippen MR) is 63.9 cm³/mol. The maximum absolute atomic E-state index is 11.7. The summed E-state index contributed by atoms with van der Waals surface area (Å²) in [5, 5.41) is 11.6. The number of hydrogen-bond donors (Lipinski definition) is 1. The van der Waals surface area contributed by atoms with Crippen molar-refractivity contribution >= 4 is 11.6 Å². The Kier molecular flexibility index (Phi) is 4.07. The van der Waals surface area contributed by atoms with Gasteiger partial charge in [0, 0.05) is 5.69 Å². The van der Waals surface area contributed by atoms with Gasteiger partial charge in [-0.1, -0.05) is 24.6 Å². The van der Waals surface area contributed by atoms with Gasteiger partial charge in [-0.2, -0.15) is 5.26 Å². The van der Waals surface area contributed by atoms with Gasteiger partial charge >= 0.3 is 0 Å². The molecule has 16 heavy (non-hydrogen) atoms. The lowest BCUT2D eigenvalue weighted by Gasteiger charge is -2.11. The number of nitrogens with zero attached hydrogens (tertiary/aromatic N) is 1. The molecule has 0 aromatic heterocycles. The molecule has 0 fully saturated rings. The first-order chi connectivity index (χ1) is 7.58. The molecular formula is C13H16N2O. The molecular weight excluding hydrogens is 200 g/mol. The van der Waals surface area contributed by atoms with Crippen LogP contribution < -0.4 is 5.32 Å². The Morgan fingerprint density at radius 1 is 1.50 bits per heavy atom. The van der Waals surface area contributed by atoms with Gasteiger partial charge in [0.1, 0.15) is 5.92 Å². The molecule has 3 heteroatoms. The Bertz CT molecular complexity index is 432. The van der Waals surface area contributed by atoms with Crippen molar-refractivity contribution < 1.29 is 4.79 Å². The van der Waals surface area contributed by atoms with Crippen LogP contribution in [0.4, 0.5) is 5.69 Å². The second-order valence-electron chi connectivity index (χ2n) is 3.90. The van der Waals surface area contributed by atoms with Crippen LogP contribution in [0.5, 0.6) is 0 Å². The number of nitriles is 1. The van der Waals surface area contributed by atoms with E-state index in [-0.39, 0.29) is 5.91 Å². The molecule has 0 spiro atoms. The van der Waals surface area contributed by atoms with Crippen LogP contribution in [0.1, 0.15) is 24.5 Å². The van der Waals surface area contributed by atoms with Crippen molar-refractivity contribution in [1.82, 2.24) is 0 Å². The number of amides is 1. The van der Waals surface area contributed by atoms with Gasteiger partial charge in [-0.3, -0.25) is 4.79 Å². The van der Waals surface area contributed by atoms with E-state index >= 15 is 0 Å². The zero-order valence-electron chi connectivity index (χ0n) is 9.87. The summed E-state index contributed by atoms with van der Waals surface area (Å²) < 4.78 is 0. The molecule has 0 heterocycles. The van der Waals surface area contributed by atoms with E-state index < -0.39 is 5.92 Å². The van der Waals surface area contributed by atoms with Crippen LogP contribution >= 0.6 is 0 Å². The highest BCUT2D eigenvalue weighted by Gasteiger charge is 2.15. The molecule has 0 aliphatic rings. The molecule has 0 saturated heterocycles. The van der Waals surface area contributed by atoms with E-state index in [9.17, 15) is 4.79 Å². The first-order valence-corrected chi connectivity index (χ1v) is 5.36. The Balaban J connectivity index is 2.81. The molecule has 1 aromatic carbocycles. The number of carbonyl (C=O) groups excluding carboxylic acids is 1. The predicted octanol–water partition coefficient (Wildman–Crippen LogP) is 2.79. The molecule has 1 atom stereocenters. The number of rotatable bonds is 3. The summed E-state index contributed by atoms with van der Waals surface area (Å²) in [4.78, 5) is 11.7. The van der Waals surface area contributed by atoms with Gasteiger partial charge in [0.05, 0.1) is 6.07 Å². The Labute approximate surface area is 96.1 Å². The monoisotopic (exact) mass is 216 g/mol. The van der Waals surface area contributed by atoms with Crippen LogP contribution in [0, 0.1) is 31.1 Å². The fourth-order valence-corrected chi connectivity index (χ4v) is 1.51. The van der Waals surface area contributed by atoms with Gasteiger partial charge in [0.2, 0.25) is 5.91 Å². The number of hydrogen-bond acceptors (Lipinski definition) is 2. The molecule has 0 bridgehead atoms. The minimum atomic E-state index is -0.569. The van der Waals surface area contributed by atoms with Gasteiger partial charge < -0.3 is 5.32 Å². The zero-order chi connectivity index (χ0) is 12.1. The van der Waals surface area contributed by atoms with Crippen molar-refractivity contribution in [2.45, 2.75) is 27.2 Å². The summed E-state index contributed by atoms with van der Waals surface area (Å²) in [5.41, 5.74) is 2.95. The maximum Gasteiger partial charge on any atom is 0.241 e. The number of aryl methyl sites for hydroxylation is 2. The Morgan fingerprint density at radius 2 is 2.19 bits per heavy atom. The fraction of sp³-hybridized carbons (Fsp3) is 0.385. The highest BCUT2D eigenvalue weighted by molar-refractivity contribution is 5.94. The van der Waals surface area contributed by atoms with Crippen molar-refractivity contribution in [1.29, 1.82) is 5.26 Å². The van der Waals surface area contributed by atoms with Crippen molar-refractivity contribution in [3.05, 3.63) is 29.3 Å². The summed E-state index contributed by atoms with van der Waals surface area (Å²) >= 11 is 0. The molecule has 0 saturated carbocycles. The average molecular weight is 216 g/mol. The third-order valence-electron chi connectivity index (χ3n) is 2.52. The molecule has 1 N–H and O–H groups in total. The van der Waals surface area contributed by atoms with E-state index in [0.29, 0.717) is 6.42 Å². The zero-order valence-corrected chi connectivity index (χ0v) is 9.87. The Morgan fingerprint density at radius 3 is 2.69 bits per heavy atom. The van der Waals surface area contributed by atoms with Gasteiger partial charge in [0.25, 0.3) is 0 Å². The third kappa shape index (κ3) is 2.83. The van der Waals surface area contributed by atoms with E-state index in [1.165, 1.54) is 0 Å². The van der Waals surface area contributed by atoms with Crippen molar-refractivity contribution in [2.24, 2.45) is 5.92 Å². The van der Waals surface area contributed by atoms with Crippen LogP contribution in [-0.4, -0.2) is 5.91 Å².